The van der Waals surface area contributed by atoms with E-state index in [9.17, 15) is 4.79 Å². The summed E-state index contributed by atoms with van der Waals surface area (Å²) >= 11 is 0. The van der Waals surface area contributed by atoms with Crippen LogP contribution in [0.3, 0.4) is 0 Å². The molecule has 1 saturated heterocycles. The molecule has 1 aromatic heterocycles. The first-order valence-corrected chi connectivity index (χ1v) is 11.8. The number of amides is 1. The van der Waals surface area contributed by atoms with Crippen LogP contribution in [0.2, 0.25) is 0 Å². The molecule has 2 aliphatic rings. The fraction of sp³-hybridized carbons (Fsp3) is 0.520. The molecule has 4 rings (SSSR count). The molecule has 172 valence electrons. The van der Waals surface area contributed by atoms with Crippen LogP contribution in [-0.4, -0.2) is 61.4 Å². The van der Waals surface area contributed by atoms with E-state index in [-0.39, 0.29) is 11.9 Å². The van der Waals surface area contributed by atoms with Crippen LogP contribution in [0, 0.1) is 0 Å². The van der Waals surface area contributed by atoms with Crippen LogP contribution in [0.25, 0.3) is 0 Å². The van der Waals surface area contributed by atoms with E-state index in [2.05, 4.69) is 44.8 Å². The molecule has 2 aromatic rings. The number of nitrogens with zero attached hydrogens (tertiary/aromatic N) is 3. The minimum atomic E-state index is 0.203. The van der Waals surface area contributed by atoms with Gasteiger partial charge in [-0.15, -0.1) is 0 Å². The van der Waals surface area contributed by atoms with Crippen LogP contribution in [0.1, 0.15) is 48.6 Å². The molecule has 32 heavy (non-hydrogen) atoms. The van der Waals surface area contributed by atoms with Gasteiger partial charge in [0.15, 0.2) is 5.96 Å². The summed E-state index contributed by atoms with van der Waals surface area (Å²) in [6.45, 7) is 5.20. The lowest BCUT2D eigenvalue weighted by atomic mass is 9.99. The second-order valence-electron chi connectivity index (χ2n) is 8.59. The molecule has 1 aromatic carbocycles. The molecule has 2 aliphatic heterocycles. The number of benzene rings is 1. The van der Waals surface area contributed by atoms with Crippen LogP contribution < -0.4 is 10.6 Å². The van der Waals surface area contributed by atoms with E-state index < -0.39 is 0 Å². The maximum Gasteiger partial charge on any atom is 0.222 e. The predicted octanol–water partition coefficient (Wildman–Crippen LogP) is 2.95. The van der Waals surface area contributed by atoms with E-state index in [1.54, 1.807) is 13.3 Å². The van der Waals surface area contributed by atoms with Crippen molar-refractivity contribution in [1.29, 1.82) is 0 Å². The Balaban J connectivity index is 1.19. The topological polar surface area (TPSA) is 73.1 Å². The largest absolute Gasteiger partial charge is 0.468 e. The Morgan fingerprint density at radius 2 is 1.91 bits per heavy atom. The second kappa shape index (κ2) is 11.2. The Hall–Kier alpha value is -2.80. The maximum atomic E-state index is 12.7. The van der Waals surface area contributed by atoms with Crippen molar-refractivity contribution in [1.82, 2.24) is 20.4 Å². The summed E-state index contributed by atoms with van der Waals surface area (Å²) in [6, 6.07) is 12.6. The highest BCUT2D eigenvalue weighted by Gasteiger charge is 2.25. The molecule has 7 nitrogen and oxygen atoms in total. The van der Waals surface area contributed by atoms with Gasteiger partial charge in [0.05, 0.1) is 12.3 Å². The van der Waals surface area contributed by atoms with E-state index in [4.69, 9.17) is 4.42 Å². The highest BCUT2D eigenvalue weighted by molar-refractivity contribution is 5.80. The Bertz CT molecular complexity index is 889. The van der Waals surface area contributed by atoms with Gasteiger partial charge in [-0.2, -0.15) is 0 Å². The van der Waals surface area contributed by atoms with Gasteiger partial charge in [-0.3, -0.25) is 14.7 Å². The minimum Gasteiger partial charge on any atom is -0.468 e. The number of aliphatic imine (C=N–C) groups is 1. The number of hydrogen-bond donors (Lipinski definition) is 2. The molecule has 2 N–H and O–H groups in total. The molecular formula is C25H35N5O2. The average molecular weight is 438 g/mol. The third-order valence-electron chi connectivity index (χ3n) is 6.48. The number of hydrogen-bond acceptors (Lipinski definition) is 4. The van der Waals surface area contributed by atoms with Gasteiger partial charge in [0.25, 0.3) is 0 Å². The molecule has 1 fully saturated rings. The summed E-state index contributed by atoms with van der Waals surface area (Å²) < 4.78 is 5.69. The van der Waals surface area contributed by atoms with Gasteiger partial charge >= 0.3 is 0 Å². The monoisotopic (exact) mass is 437 g/mol. The van der Waals surface area contributed by atoms with Crippen LogP contribution in [0.4, 0.5) is 0 Å². The zero-order valence-corrected chi connectivity index (χ0v) is 19.1. The third-order valence-corrected chi connectivity index (χ3v) is 6.48. The Morgan fingerprint density at radius 3 is 2.66 bits per heavy atom. The number of guanidine groups is 1. The van der Waals surface area contributed by atoms with E-state index in [1.165, 1.54) is 24.0 Å². The fourth-order valence-electron chi connectivity index (χ4n) is 4.67. The molecule has 1 unspecified atom stereocenters. The molecule has 3 heterocycles. The van der Waals surface area contributed by atoms with Crippen molar-refractivity contribution in [2.24, 2.45) is 4.99 Å². The average Bonchev–Trinajstić information content (AvgIpc) is 3.55. The molecule has 0 aliphatic carbocycles. The van der Waals surface area contributed by atoms with Crippen molar-refractivity contribution in [3.63, 3.8) is 0 Å². The van der Waals surface area contributed by atoms with E-state index in [0.717, 1.165) is 57.3 Å². The number of nitrogens with one attached hydrogen (secondary N) is 2. The number of rotatable bonds is 8. The van der Waals surface area contributed by atoms with Gasteiger partial charge in [-0.1, -0.05) is 24.3 Å². The van der Waals surface area contributed by atoms with Crippen molar-refractivity contribution in [3.8, 4) is 0 Å². The maximum absolute atomic E-state index is 12.7. The summed E-state index contributed by atoms with van der Waals surface area (Å²) in [7, 11) is 1.78. The second-order valence-corrected chi connectivity index (χ2v) is 8.59. The van der Waals surface area contributed by atoms with E-state index in [0.29, 0.717) is 13.0 Å². The fourth-order valence-corrected chi connectivity index (χ4v) is 4.67. The van der Waals surface area contributed by atoms with Crippen molar-refractivity contribution >= 4 is 11.9 Å². The van der Waals surface area contributed by atoms with Gasteiger partial charge in [0.1, 0.15) is 5.76 Å². The first-order chi connectivity index (χ1) is 15.7. The molecule has 7 heteroatoms. The van der Waals surface area contributed by atoms with Gasteiger partial charge in [-0.05, 0) is 62.0 Å². The standard InChI is InChI=1S/C25H35N5O2/c1-26-25(28-18-22(23-10-7-17-32-23)29-14-4-5-15-29)27-13-6-11-24(31)30-16-12-20-8-2-3-9-21(20)19-30/h2-3,7-10,17,22H,4-6,11-16,18-19H2,1H3,(H2,26,27,28). The zero-order valence-electron chi connectivity index (χ0n) is 19.1. The molecule has 0 radical (unpaired) electrons. The molecule has 1 atom stereocenters. The normalized spacial score (nSPS) is 17.8. The Morgan fingerprint density at radius 1 is 1.09 bits per heavy atom. The van der Waals surface area contributed by atoms with Crippen LogP contribution in [0.5, 0.6) is 0 Å². The summed E-state index contributed by atoms with van der Waals surface area (Å²) in [4.78, 5) is 21.5. The van der Waals surface area contributed by atoms with E-state index >= 15 is 0 Å². The molecule has 0 spiro atoms. The zero-order chi connectivity index (χ0) is 22.2. The number of carbonyl (C=O) groups is 1. The van der Waals surface area contributed by atoms with Crippen LogP contribution in [-0.2, 0) is 17.8 Å². The first-order valence-electron chi connectivity index (χ1n) is 11.8. The summed E-state index contributed by atoms with van der Waals surface area (Å²) in [5, 5.41) is 6.79. The highest BCUT2D eigenvalue weighted by Crippen LogP contribution is 2.25. The highest BCUT2D eigenvalue weighted by atomic mass is 16.3. The summed E-state index contributed by atoms with van der Waals surface area (Å²) in [5.74, 6) is 1.99. The quantitative estimate of drug-likeness (QED) is 0.377. The Labute approximate surface area is 190 Å². The van der Waals surface area contributed by atoms with Gasteiger partial charge in [-0.25, -0.2) is 0 Å². The summed E-state index contributed by atoms with van der Waals surface area (Å²) in [6.07, 6.45) is 6.50. The minimum absolute atomic E-state index is 0.203. The van der Waals surface area contributed by atoms with Crippen molar-refractivity contribution in [3.05, 3.63) is 59.5 Å². The van der Waals surface area contributed by atoms with E-state index in [1.807, 2.05) is 17.0 Å². The van der Waals surface area contributed by atoms with Crippen molar-refractivity contribution in [2.75, 3.05) is 39.8 Å². The molecular weight excluding hydrogens is 402 g/mol. The van der Waals surface area contributed by atoms with Crippen molar-refractivity contribution < 1.29 is 9.21 Å². The molecule has 0 bridgehead atoms. The van der Waals surface area contributed by atoms with Crippen LogP contribution in [0.15, 0.2) is 52.1 Å². The lowest BCUT2D eigenvalue weighted by molar-refractivity contribution is -0.132. The Kier molecular flexibility index (Phi) is 7.82. The first kappa shape index (κ1) is 22.4. The van der Waals surface area contributed by atoms with Gasteiger partial charge < -0.3 is 20.0 Å². The van der Waals surface area contributed by atoms with Crippen molar-refractivity contribution in [2.45, 2.75) is 44.7 Å². The summed E-state index contributed by atoms with van der Waals surface area (Å²) in [5.41, 5.74) is 2.65. The lowest BCUT2D eigenvalue weighted by Gasteiger charge is -2.29. The lowest BCUT2D eigenvalue weighted by Crippen LogP contribution is -2.43. The van der Waals surface area contributed by atoms with Gasteiger partial charge in [0, 0.05) is 39.6 Å². The smallest absolute Gasteiger partial charge is 0.222 e. The molecule has 0 saturated carbocycles. The number of likely N-dealkylation sites (tertiary alicyclic amines) is 1. The number of carbonyl (C=O) groups excluding carboxylic acids is 1. The third kappa shape index (κ3) is 5.71. The van der Waals surface area contributed by atoms with Crippen LogP contribution >= 0.6 is 0 Å². The van der Waals surface area contributed by atoms with Gasteiger partial charge in [0.2, 0.25) is 5.91 Å². The number of fused-ring (bicyclic) bond motifs is 1. The number of furan rings is 1. The molecule has 1 amide bonds. The SMILES string of the molecule is CN=C(NCCCC(=O)N1CCc2ccccc2C1)NCC(c1ccco1)N1CCCC1. The predicted molar refractivity (Wildman–Crippen MR) is 126 cm³/mol.